The molecule has 0 atom stereocenters. The molecule has 0 aliphatic carbocycles. The maximum absolute atomic E-state index is 14.9. The second kappa shape index (κ2) is 25.9. The topological polar surface area (TPSA) is 181 Å². The highest BCUT2D eigenvalue weighted by molar-refractivity contribution is 6.76. The SMILES string of the molecule is CCOC(=O)C[n+]1c[nH]c2ccc(-c3cn(C)c(=O)c4c3ccn4COCC[Si](C)(C)C)c(Oc3ccc(F)cc3F)c21.CCOC(=O)Cn1cnc2c(Oc3ccc(F)cc3F)c(-c3cn(C)c(=O)c4c3ccn4COCC[Si](C)(C)C)ccc21. The summed E-state index contributed by atoms with van der Waals surface area (Å²) < 4.78 is 101. The number of benzene rings is 4. The smallest absolute Gasteiger partial charge is 0.348 e. The van der Waals surface area contributed by atoms with Gasteiger partial charge >= 0.3 is 11.9 Å². The van der Waals surface area contributed by atoms with Crippen LogP contribution < -0.4 is 25.2 Å². The first kappa shape index (κ1) is 62.0. The van der Waals surface area contributed by atoms with E-state index in [2.05, 4.69) is 49.3 Å². The summed E-state index contributed by atoms with van der Waals surface area (Å²) in [5.74, 6) is -4.16. The first-order valence-corrected chi connectivity index (χ1v) is 35.5. The van der Waals surface area contributed by atoms with Crippen molar-refractivity contribution < 1.29 is 60.1 Å². The Labute approximate surface area is 494 Å². The summed E-state index contributed by atoms with van der Waals surface area (Å²) in [4.78, 5) is 59.0. The Morgan fingerprint density at radius 2 is 1.12 bits per heavy atom. The molecule has 0 amide bonds. The van der Waals surface area contributed by atoms with Gasteiger partial charge in [-0.15, -0.1) is 0 Å². The zero-order valence-corrected chi connectivity index (χ0v) is 51.7. The van der Waals surface area contributed by atoms with Crippen molar-refractivity contribution in [1.29, 1.82) is 0 Å². The molecule has 0 saturated heterocycles. The van der Waals surface area contributed by atoms with Crippen LogP contribution in [-0.4, -0.2) is 87.3 Å². The Kier molecular flexibility index (Phi) is 18.7. The van der Waals surface area contributed by atoms with Gasteiger partial charge in [0.15, 0.2) is 46.7 Å². The number of nitrogens with one attached hydrogen (secondary N) is 1. The zero-order chi connectivity index (χ0) is 61.8. The molecule has 24 heteroatoms. The first-order chi connectivity index (χ1) is 40.9. The number of halogens is 4. The molecule has 1 N–H and O–H groups in total. The highest BCUT2D eigenvalue weighted by atomic mass is 28.3. The normalized spacial score (nSPS) is 11.9. The Morgan fingerprint density at radius 1 is 0.616 bits per heavy atom. The van der Waals surface area contributed by atoms with E-state index in [0.717, 1.165) is 36.4 Å². The zero-order valence-electron chi connectivity index (χ0n) is 49.7. The molecule has 86 heavy (non-hydrogen) atoms. The highest BCUT2D eigenvalue weighted by Gasteiger charge is 2.28. The van der Waals surface area contributed by atoms with Gasteiger partial charge in [-0.2, -0.15) is 0 Å². The first-order valence-electron chi connectivity index (χ1n) is 28.0. The maximum Gasteiger partial charge on any atom is 0.348 e. The lowest BCUT2D eigenvalue weighted by atomic mass is 10.0. The highest BCUT2D eigenvalue weighted by Crippen LogP contribution is 2.43. The van der Waals surface area contributed by atoms with Gasteiger partial charge in [-0.05, 0) is 86.6 Å². The second-order valence-electron chi connectivity index (χ2n) is 23.1. The molecule has 0 aliphatic heterocycles. The molecule has 6 aromatic heterocycles. The van der Waals surface area contributed by atoms with Crippen LogP contribution >= 0.6 is 0 Å². The number of nitrogens with zero attached hydrogens (tertiary/aromatic N) is 7. The van der Waals surface area contributed by atoms with E-state index in [9.17, 15) is 36.7 Å². The lowest BCUT2D eigenvalue weighted by Gasteiger charge is -2.16. The van der Waals surface area contributed by atoms with Gasteiger partial charge < -0.3 is 51.3 Å². The fraction of sp³-hybridized carbons (Fsp3) is 0.323. The Morgan fingerprint density at radius 3 is 1.63 bits per heavy atom. The summed E-state index contributed by atoms with van der Waals surface area (Å²) in [6.45, 7) is 19.0. The van der Waals surface area contributed by atoms with E-state index in [-0.39, 0.29) is 73.9 Å². The van der Waals surface area contributed by atoms with Crippen LogP contribution in [0.25, 0.3) is 66.1 Å². The van der Waals surface area contributed by atoms with Crippen molar-refractivity contribution >= 4 is 72.0 Å². The number of fused-ring (bicyclic) bond motifs is 4. The minimum atomic E-state index is -1.28. The number of aryl methyl sites for hydroxylation is 2. The van der Waals surface area contributed by atoms with Crippen molar-refractivity contribution in [1.82, 2.24) is 32.8 Å². The number of imidazole rings is 2. The van der Waals surface area contributed by atoms with Crippen LogP contribution in [0.1, 0.15) is 13.8 Å². The monoisotopic (exact) mass is 1220 g/mol. The molecule has 0 saturated carbocycles. The lowest BCUT2D eigenvalue weighted by Crippen LogP contribution is -2.37. The molecule has 6 heterocycles. The van der Waals surface area contributed by atoms with Crippen LogP contribution in [0.5, 0.6) is 23.0 Å². The van der Waals surface area contributed by atoms with E-state index in [0.29, 0.717) is 79.3 Å². The third-order valence-corrected chi connectivity index (χ3v) is 17.6. The molecule has 0 aliphatic rings. The molecule has 0 bridgehead atoms. The van der Waals surface area contributed by atoms with Crippen LogP contribution in [0.3, 0.4) is 0 Å². The van der Waals surface area contributed by atoms with Gasteiger partial charge in [0.1, 0.15) is 48.2 Å². The molecule has 452 valence electrons. The number of rotatable bonds is 22. The molecule has 10 rings (SSSR count). The van der Waals surface area contributed by atoms with E-state index in [4.69, 9.17) is 28.4 Å². The number of H-pyrrole nitrogens is 1. The molecule has 4 aromatic carbocycles. The molecule has 18 nitrogen and oxygen atoms in total. The Bertz CT molecular complexity index is 4290. The van der Waals surface area contributed by atoms with Crippen molar-refractivity contribution in [2.24, 2.45) is 14.1 Å². The summed E-state index contributed by atoms with van der Waals surface area (Å²) in [5.41, 5.74) is 4.78. The summed E-state index contributed by atoms with van der Waals surface area (Å²) in [5, 5.41) is 1.29. The molecule has 0 unspecified atom stereocenters. The fourth-order valence-electron chi connectivity index (χ4n) is 9.76. The lowest BCUT2D eigenvalue weighted by molar-refractivity contribution is -0.660. The number of carbonyl (C=O) groups is 2. The van der Waals surface area contributed by atoms with Crippen molar-refractivity contribution in [3.8, 4) is 45.3 Å². The number of hydrogen-bond acceptors (Lipinski definition) is 11. The molecule has 10 aromatic rings. The van der Waals surface area contributed by atoms with Gasteiger partial charge in [-0.3, -0.25) is 14.4 Å². The van der Waals surface area contributed by atoms with Crippen molar-refractivity contribution in [3.05, 3.63) is 154 Å². The summed E-state index contributed by atoms with van der Waals surface area (Å²) >= 11 is 0. The van der Waals surface area contributed by atoms with Crippen LogP contribution in [-0.2, 0) is 69.2 Å². The molecular weight excluding hydrogens is 1150 g/mol. The van der Waals surface area contributed by atoms with Crippen LogP contribution in [0.15, 0.2) is 120 Å². The van der Waals surface area contributed by atoms with Crippen LogP contribution in [0, 0.1) is 23.3 Å². The number of aromatic amines is 1. The number of aromatic nitrogens is 8. The fourth-order valence-corrected chi connectivity index (χ4v) is 11.3. The van der Waals surface area contributed by atoms with E-state index in [1.54, 1.807) is 95.5 Å². The quantitative estimate of drug-likeness (QED) is 0.0224. The van der Waals surface area contributed by atoms with E-state index < -0.39 is 51.4 Å². The molecule has 0 radical (unpaired) electrons. The predicted octanol–water partition coefficient (Wildman–Crippen LogP) is 12.0. The third-order valence-electron chi connectivity index (χ3n) is 14.2. The van der Waals surface area contributed by atoms with E-state index in [1.807, 2.05) is 18.2 Å². The average Bonchev–Trinajstić information content (AvgIpc) is 1.53. The molecule has 0 fully saturated rings. The number of esters is 2. The summed E-state index contributed by atoms with van der Waals surface area (Å²) in [6, 6.07) is 18.9. The predicted molar refractivity (Wildman–Crippen MR) is 325 cm³/mol. The number of pyridine rings is 2. The standard InChI is InChI=1S/2C31H34F2N4O5Si/c1-6-41-27(38)17-37-18-34-28-25(37)9-8-22(30(28)42-26-10-7-20(32)15-24(26)33)23-16-35(2)31(39)29-21(23)11-12-36(29)19-40-13-14-43(3,4)5;1-6-41-27(38)17-37-18-34-25-9-8-22(30(29(25)37)42-26-10-7-20(32)15-24(26)33)23-16-35(2)31(39)28-21(23)11-12-36(28)19-40-13-14-43(3,4)5/h2*7-12,15-16,18H,6,13-14,17,19H2,1-5H3/p+1. The Balaban J connectivity index is 0.000000205. The van der Waals surface area contributed by atoms with E-state index >= 15 is 0 Å². The minimum Gasteiger partial charge on any atom is -0.465 e. The van der Waals surface area contributed by atoms with Gasteiger partial charge in [0.2, 0.25) is 11.8 Å². The van der Waals surface area contributed by atoms with Crippen LogP contribution in [0.2, 0.25) is 51.4 Å². The van der Waals surface area contributed by atoms with Gasteiger partial charge in [0, 0.05) is 113 Å². The largest absolute Gasteiger partial charge is 0.465 e. The van der Waals surface area contributed by atoms with Gasteiger partial charge in [-0.25, -0.2) is 36.9 Å². The number of ether oxygens (including phenoxy) is 6. The minimum absolute atomic E-state index is 0.0846. The second-order valence-corrected chi connectivity index (χ2v) is 34.3. The van der Waals surface area contributed by atoms with Crippen molar-refractivity contribution in [2.75, 3.05) is 26.4 Å². The van der Waals surface area contributed by atoms with Gasteiger partial charge in [0.05, 0.1) is 25.1 Å². The van der Waals surface area contributed by atoms with Crippen LogP contribution in [0.4, 0.5) is 17.6 Å². The number of hydrogen-bond donors (Lipinski definition) is 1. The van der Waals surface area contributed by atoms with Crippen molar-refractivity contribution in [3.63, 3.8) is 0 Å². The van der Waals surface area contributed by atoms with Gasteiger partial charge in [0.25, 0.3) is 11.1 Å². The average molecular weight is 1220 g/mol. The molecule has 0 spiro atoms. The third kappa shape index (κ3) is 13.9. The molecular formula is C62H69F4N8O10Si2+. The van der Waals surface area contributed by atoms with E-state index in [1.165, 1.54) is 27.6 Å². The number of carbonyl (C=O) groups excluding carboxylic acids is 2. The maximum atomic E-state index is 14.9. The summed E-state index contributed by atoms with van der Waals surface area (Å²) in [6.07, 6.45) is 10.1. The Hall–Kier alpha value is -8.59. The van der Waals surface area contributed by atoms with Crippen molar-refractivity contribution in [2.45, 2.75) is 91.8 Å². The van der Waals surface area contributed by atoms with Gasteiger partial charge in [-0.1, -0.05) is 39.3 Å². The summed E-state index contributed by atoms with van der Waals surface area (Å²) in [7, 11) is 0.747.